The van der Waals surface area contributed by atoms with Crippen LogP contribution in [0, 0.1) is 12.9 Å². The molecule has 0 radical (unpaired) electrons. The van der Waals surface area contributed by atoms with Gasteiger partial charge in [-0.15, -0.1) is 0 Å². The Morgan fingerprint density at radius 1 is 1.16 bits per heavy atom. The number of hydrogen-bond donors (Lipinski definition) is 1. The zero-order valence-electron chi connectivity index (χ0n) is 17.1. The molecule has 166 valence electrons. The van der Waals surface area contributed by atoms with E-state index >= 15 is 0 Å². The normalized spacial score (nSPS) is 16.1. The number of nitrogens with one attached hydrogen (secondary N) is 1. The topological polar surface area (TPSA) is 67.2 Å². The maximum absolute atomic E-state index is 14.7. The van der Waals surface area contributed by atoms with E-state index in [1.807, 2.05) is 0 Å². The van der Waals surface area contributed by atoms with Crippen LogP contribution in [0.25, 0.3) is 0 Å². The van der Waals surface area contributed by atoms with Crippen LogP contribution in [0.2, 0.25) is 0 Å². The molecule has 10 heteroatoms. The number of hydrogen-bond acceptors (Lipinski definition) is 3. The number of fused-ring (bicyclic) bond motifs is 1. The van der Waals surface area contributed by atoms with Gasteiger partial charge in [0, 0.05) is 35.8 Å². The Morgan fingerprint density at radius 3 is 2.47 bits per heavy atom. The smallest absolute Gasteiger partial charge is 0.320 e. The number of amides is 2. The molecule has 0 bridgehead atoms. The molecule has 1 aromatic carbocycles. The van der Waals surface area contributed by atoms with E-state index in [9.17, 15) is 27.2 Å². The second-order valence-corrected chi connectivity index (χ2v) is 7.55. The molecule has 2 amide bonds. The van der Waals surface area contributed by atoms with Crippen molar-refractivity contribution in [3.8, 4) is 0 Å². The number of pyridine rings is 1. The van der Waals surface area contributed by atoms with Crippen LogP contribution in [0.3, 0.4) is 0 Å². The van der Waals surface area contributed by atoms with Crippen molar-refractivity contribution in [2.45, 2.75) is 26.1 Å². The van der Waals surface area contributed by atoms with Gasteiger partial charge in [-0.1, -0.05) is 0 Å². The highest BCUT2D eigenvalue weighted by Gasteiger charge is 2.36. The molecule has 2 aromatic heterocycles. The monoisotopic (exact) mass is 446 g/mol. The van der Waals surface area contributed by atoms with Crippen LogP contribution in [0.5, 0.6) is 0 Å². The Labute approximate surface area is 180 Å². The first-order valence-corrected chi connectivity index (χ1v) is 9.70. The Kier molecular flexibility index (Phi) is 5.23. The van der Waals surface area contributed by atoms with Crippen LogP contribution in [0.15, 0.2) is 48.7 Å². The minimum atomic E-state index is -4.50. The summed E-state index contributed by atoms with van der Waals surface area (Å²) in [5.41, 5.74) is 0.198. The number of benzene rings is 1. The third kappa shape index (κ3) is 3.83. The largest absolute Gasteiger partial charge is 0.416 e. The van der Waals surface area contributed by atoms with Crippen molar-refractivity contribution in [1.82, 2.24) is 9.55 Å². The standard InChI is InChI=1S/C22H18F4N4O2/c1-12-9-14(7-8-27-12)20(31)28-17-10-18(23)30-13(2)11-29(21(32)19(17)30)16-5-3-15(4-6-16)22(24,25)26/h3-10,13H,11H2,1-2H3,(H,28,31)/t13-/m0/s1. The summed E-state index contributed by atoms with van der Waals surface area (Å²) in [5.74, 6) is -1.88. The van der Waals surface area contributed by atoms with Crippen LogP contribution in [-0.2, 0) is 6.18 Å². The lowest BCUT2D eigenvalue weighted by Crippen LogP contribution is -2.43. The third-order valence-corrected chi connectivity index (χ3v) is 5.24. The fourth-order valence-electron chi connectivity index (χ4n) is 3.73. The molecule has 1 aliphatic heterocycles. The minimum absolute atomic E-state index is 0.0181. The van der Waals surface area contributed by atoms with Crippen molar-refractivity contribution in [3.05, 3.63) is 77.1 Å². The highest BCUT2D eigenvalue weighted by molar-refractivity contribution is 6.13. The van der Waals surface area contributed by atoms with Gasteiger partial charge in [-0.2, -0.15) is 17.6 Å². The first kappa shape index (κ1) is 21.5. The predicted molar refractivity (Wildman–Crippen MR) is 109 cm³/mol. The summed E-state index contributed by atoms with van der Waals surface area (Å²) in [6, 6.07) is 7.74. The summed E-state index contributed by atoms with van der Waals surface area (Å²) in [4.78, 5) is 31.1. The van der Waals surface area contributed by atoms with Gasteiger partial charge in [0.2, 0.25) is 0 Å². The third-order valence-electron chi connectivity index (χ3n) is 5.24. The van der Waals surface area contributed by atoms with Crippen molar-refractivity contribution < 1.29 is 27.2 Å². The lowest BCUT2D eigenvalue weighted by Gasteiger charge is -2.33. The van der Waals surface area contributed by atoms with E-state index in [0.717, 1.165) is 18.2 Å². The van der Waals surface area contributed by atoms with E-state index in [1.54, 1.807) is 19.9 Å². The molecule has 1 atom stereocenters. The van der Waals surface area contributed by atoms with Crippen LogP contribution in [0.1, 0.15) is 45.1 Å². The summed E-state index contributed by atoms with van der Waals surface area (Å²) in [6.45, 7) is 3.44. The molecular weight excluding hydrogens is 428 g/mol. The van der Waals surface area contributed by atoms with Gasteiger partial charge in [-0.3, -0.25) is 14.6 Å². The molecule has 1 N–H and O–H groups in total. The number of halogens is 4. The molecule has 0 saturated carbocycles. The van der Waals surface area contributed by atoms with Crippen molar-refractivity contribution in [3.63, 3.8) is 0 Å². The maximum atomic E-state index is 14.7. The van der Waals surface area contributed by atoms with Gasteiger partial charge in [-0.05, 0) is 50.2 Å². The second kappa shape index (κ2) is 7.77. The fraction of sp³-hybridized carbons (Fsp3) is 0.227. The Morgan fingerprint density at radius 2 is 1.84 bits per heavy atom. The number of alkyl halides is 3. The molecule has 3 aromatic rings. The average Bonchev–Trinajstić information content (AvgIpc) is 3.06. The predicted octanol–water partition coefficient (Wildman–Crippen LogP) is 4.82. The van der Waals surface area contributed by atoms with Gasteiger partial charge in [0.1, 0.15) is 5.69 Å². The Bertz CT molecular complexity index is 1200. The molecular formula is C22H18F4N4O2. The molecule has 1 aliphatic rings. The lowest BCUT2D eigenvalue weighted by molar-refractivity contribution is -0.137. The van der Waals surface area contributed by atoms with Gasteiger partial charge < -0.3 is 14.8 Å². The number of carbonyl (C=O) groups excluding carboxylic acids is 2. The molecule has 3 heterocycles. The fourth-order valence-corrected chi connectivity index (χ4v) is 3.73. The van der Waals surface area contributed by atoms with Crippen LogP contribution in [-0.4, -0.2) is 27.9 Å². The van der Waals surface area contributed by atoms with Crippen LogP contribution < -0.4 is 10.2 Å². The lowest BCUT2D eigenvalue weighted by atomic mass is 10.1. The zero-order valence-corrected chi connectivity index (χ0v) is 17.1. The summed E-state index contributed by atoms with van der Waals surface area (Å²) in [7, 11) is 0. The van der Waals surface area contributed by atoms with Crippen LogP contribution in [0.4, 0.5) is 28.9 Å². The van der Waals surface area contributed by atoms with Crippen LogP contribution >= 0.6 is 0 Å². The van der Waals surface area contributed by atoms with E-state index in [-0.39, 0.29) is 29.2 Å². The van der Waals surface area contributed by atoms with Gasteiger partial charge in [0.25, 0.3) is 11.8 Å². The number of nitrogens with zero attached hydrogens (tertiary/aromatic N) is 3. The van der Waals surface area contributed by atoms with Crippen molar-refractivity contribution >= 4 is 23.2 Å². The number of carbonyl (C=O) groups is 2. The first-order chi connectivity index (χ1) is 15.1. The summed E-state index contributed by atoms with van der Waals surface area (Å²) in [5, 5.41) is 2.56. The molecule has 0 spiro atoms. The number of aryl methyl sites for hydroxylation is 1. The van der Waals surface area contributed by atoms with E-state index in [0.29, 0.717) is 5.69 Å². The SMILES string of the molecule is Cc1cc(C(=O)Nc2cc(F)n3c2C(=O)N(c2ccc(C(F)(F)F)cc2)C[C@@H]3C)ccn1. The van der Waals surface area contributed by atoms with E-state index < -0.39 is 35.5 Å². The molecule has 0 saturated heterocycles. The molecule has 0 unspecified atom stereocenters. The summed E-state index contributed by atoms with van der Waals surface area (Å²) >= 11 is 0. The number of rotatable bonds is 3. The molecule has 4 rings (SSSR count). The minimum Gasteiger partial charge on any atom is -0.320 e. The van der Waals surface area contributed by atoms with Gasteiger partial charge in [-0.25, -0.2) is 0 Å². The maximum Gasteiger partial charge on any atom is 0.416 e. The summed E-state index contributed by atoms with van der Waals surface area (Å²) in [6.07, 6.45) is -3.04. The molecule has 32 heavy (non-hydrogen) atoms. The van der Waals surface area contributed by atoms with E-state index in [4.69, 9.17) is 0 Å². The van der Waals surface area contributed by atoms with Gasteiger partial charge >= 0.3 is 6.18 Å². The summed E-state index contributed by atoms with van der Waals surface area (Å²) < 4.78 is 54.4. The molecule has 0 fully saturated rings. The molecule has 0 aliphatic carbocycles. The van der Waals surface area contributed by atoms with E-state index in [2.05, 4.69) is 10.3 Å². The van der Waals surface area contributed by atoms with Gasteiger partial charge in [0.05, 0.1) is 17.3 Å². The van der Waals surface area contributed by atoms with E-state index in [1.165, 1.54) is 33.9 Å². The highest BCUT2D eigenvalue weighted by atomic mass is 19.4. The zero-order chi connectivity index (χ0) is 23.2. The highest BCUT2D eigenvalue weighted by Crippen LogP contribution is 2.35. The second-order valence-electron chi connectivity index (χ2n) is 7.55. The quantitative estimate of drug-likeness (QED) is 0.587. The Balaban J connectivity index is 1.68. The first-order valence-electron chi connectivity index (χ1n) is 9.70. The molecule has 6 nitrogen and oxygen atoms in total. The number of anilines is 2. The van der Waals surface area contributed by atoms with Crippen molar-refractivity contribution in [1.29, 1.82) is 0 Å². The Hall–Kier alpha value is -3.69. The van der Waals surface area contributed by atoms with Gasteiger partial charge in [0.15, 0.2) is 5.95 Å². The average molecular weight is 446 g/mol. The van der Waals surface area contributed by atoms with Crippen molar-refractivity contribution in [2.75, 3.05) is 16.8 Å². The number of aromatic nitrogens is 2. The van der Waals surface area contributed by atoms with Crippen molar-refractivity contribution in [2.24, 2.45) is 0 Å².